The second-order valence-electron chi connectivity index (χ2n) is 6.62. The summed E-state index contributed by atoms with van der Waals surface area (Å²) in [7, 11) is 2.05. The molecule has 1 aliphatic heterocycles. The molecular weight excluding hydrogens is 264 g/mol. The van der Waals surface area contributed by atoms with Crippen molar-refractivity contribution in [2.45, 2.75) is 33.7 Å². The molecule has 1 N–H and O–H groups in total. The van der Waals surface area contributed by atoms with E-state index in [1.165, 1.54) is 0 Å². The van der Waals surface area contributed by atoms with Crippen molar-refractivity contribution in [2.75, 3.05) is 26.7 Å². The maximum atomic E-state index is 5.90. The minimum atomic E-state index is 0.280. The number of likely N-dealkylation sites (N-methyl/N-ethyl adjacent to an activating group) is 1. The van der Waals surface area contributed by atoms with E-state index in [4.69, 9.17) is 4.74 Å². The van der Waals surface area contributed by atoms with E-state index >= 15 is 0 Å². The number of nitrogens with zero attached hydrogens (tertiary/aromatic N) is 3. The summed E-state index contributed by atoms with van der Waals surface area (Å²) in [4.78, 5) is 10.7. The van der Waals surface area contributed by atoms with Gasteiger partial charge >= 0.3 is 0 Å². The molecule has 0 spiro atoms. The van der Waals surface area contributed by atoms with Crippen LogP contribution in [0.4, 0.5) is 0 Å². The average Bonchev–Trinajstić information content (AvgIpc) is 2.82. The largest absolute Gasteiger partial charge is 0.492 e. The Balaban J connectivity index is 1.90. The molecular formula is C16H26N4O. The lowest BCUT2D eigenvalue weighted by Gasteiger charge is -2.19. The zero-order valence-electron chi connectivity index (χ0n) is 13.5. The van der Waals surface area contributed by atoms with Gasteiger partial charge in [0.25, 0.3) is 0 Å². The number of nitrogens with one attached hydrogen (secondary N) is 1. The SMILES string of the molecule is CN1CCN=C1NCc1ccncc1OCCC(C)(C)C. The van der Waals surface area contributed by atoms with Crippen molar-refractivity contribution >= 4 is 5.96 Å². The third kappa shape index (κ3) is 4.92. The van der Waals surface area contributed by atoms with Crippen molar-refractivity contribution in [1.82, 2.24) is 15.2 Å². The first-order chi connectivity index (χ1) is 9.96. The molecule has 0 radical (unpaired) electrons. The highest BCUT2D eigenvalue weighted by atomic mass is 16.5. The van der Waals surface area contributed by atoms with Gasteiger partial charge in [-0.25, -0.2) is 0 Å². The monoisotopic (exact) mass is 290 g/mol. The zero-order valence-corrected chi connectivity index (χ0v) is 13.5. The van der Waals surface area contributed by atoms with Crippen LogP contribution >= 0.6 is 0 Å². The number of aliphatic imine (C=N–C) groups is 1. The van der Waals surface area contributed by atoms with Crippen molar-refractivity contribution in [3.63, 3.8) is 0 Å². The van der Waals surface area contributed by atoms with Gasteiger partial charge in [0.15, 0.2) is 5.96 Å². The van der Waals surface area contributed by atoms with Gasteiger partial charge < -0.3 is 15.0 Å². The first kappa shape index (κ1) is 15.6. The molecule has 0 atom stereocenters. The van der Waals surface area contributed by atoms with Crippen LogP contribution in [0.5, 0.6) is 5.75 Å². The molecule has 0 bridgehead atoms. The minimum absolute atomic E-state index is 0.280. The van der Waals surface area contributed by atoms with Crippen LogP contribution < -0.4 is 10.1 Å². The van der Waals surface area contributed by atoms with E-state index < -0.39 is 0 Å². The van der Waals surface area contributed by atoms with Gasteiger partial charge in [0.2, 0.25) is 0 Å². The van der Waals surface area contributed by atoms with Gasteiger partial charge in [-0.3, -0.25) is 9.98 Å². The number of aromatic nitrogens is 1. The molecule has 0 aliphatic carbocycles. The average molecular weight is 290 g/mol. The molecule has 0 saturated heterocycles. The van der Waals surface area contributed by atoms with Crippen LogP contribution in [-0.2, 0) is 6.54 Å². The molecule has 0 aromatic carbocycles. The summed E-state index contributed by atoms with van der Waals surface area (Å²) < 4.78 is 5.90. The Morgan fingerprint density at radius 1 is 1.38 bits per heavy atom. The summed E-state index contributed by atoms with van der Waals surface area (Å²) in [5.74, 6) is 1.81. The van der Waals surface area contributed by atoms with Crippen molar-refractivity contribution in [3.05, 3.63) is 24.0 Å². The number of ether oxygens (including phenoxy) is 1. The van der Waals surface area contributed by atoms with Crippen molar-refractivity contribution in [3.8, 4) is 5.75 Å². The molecule has 0 amide bonds. The van der Waals surface area contributed by atoms with Gasteiger partial charge in [-0.05, 0) is 17.9 Å². The summed E-state index contributed by atoms with van der Waals surface area (Å²) in [6.45, 7) is 9.92. The Morgan fingerprint density at radius 2 is 2.19 bits per heavy atom. The fourth-order valence-electron chi connectivity index (χ4n) is 2.05. The summed E-state index contributed by atoms with van der Waals surface area (Å²) in [5.41, 5.74) is 1.39. The predicted octanol–water partition coefficient (Wildman–Crippen LogP) is 2.29. The lowest BCUT2D eigenvalue weighted by atomic mass is 9.93. The lowest BCUT2D eigenvalue weighted by molar-refractivity contribution is 0.240. The molecule has 1 aromatic heterocycles. The smallest absolute Gasteiger partial charge is 0.194 e. The standard InChI is InChI=1S/C16H26N4O/c1-16(2,3)6-10-21-14-12-17-7-5-13(14)11-19-15-18-8-9-20(15)4/h5,7,12H,6,8-11H2,1-4H3,(H,18,19). The van der Waals surface area contributed by atoms with Gasteiger partial charge in [0.1, 0.15) is 5.75 Å². The quantitative estimate of drug-likeness (QED) is 0.904. The van der Waals surface area contributed by atoms with Crippen LogP contribution in [0.2, 0.25) is 0 Å². The first-order valence-corrected chi connectivity index (χ1v) is 7.51. The van der Waals surface area contributed by atoms with Crippen LogP contribution in [0.1, 0.15) is 32.8 Å². The van der Waals surface area contributed by atoms with E-state index in [9.17, 15) is 0 Å². The summed E-state index contributed by atoms with van der Waals surface area (Å²) in [6.07, 6.45) is 4.61. The van der Waals surface area contributed by atoms with Crippen molar-refractivity contribution < 1.29 is 4.74 Å². The molecule has 1 aliphatic rings. The number of hydrogen-bond donors (Lipinski definition) is 1. The highest BCUT2D eigenvalue weighted by Gasteiger charge is 2.14. The van der Waals surface area contributed by atoms with Gasteiger partial charge in [-0.15, -0.1) is 0 Å². The maximum absolute atomic E-state index is 5.90. The molecule has 1 aromatic rings. The molecule has 2 heterocycles. The maximum Gasteiger partial charge on any atom is 0.194 e. The molecule has 0 saturated carbocycles. The third-order valence-electron chi connectivity index (χ3n) is 3.48. The second kappa shape index (κ2) is 6.78. The topological polar surface area (TPSA) is 49.8 Å². The van der Waals surface area contributed by atoms with Crippen LogP contribution in [0.25, 0.3) is 0 Å². The van der Waals surface area contributed by atoms with E-state index in [1.807, 2.05) is 13.1 Å². The Bertz CT molecular complexity index is 493. The Morgan fingerprint density at radius 3 is 2.86 bits per heavy atom. The minimum Gasteiger partial charge on any atom is -0.492 e. The van der Waals surface area contributed by atoms with Crippen LogP contribution in [0.3, 0.4) is 0 Å². The first-order valence-electron chi connectivity index (χ1n) is 7.51. The number of guanidine groups is 1. The van der Waals surface area contributed by atoms with Gasteiger partial charge in [0.05, 0.1) is 19.3 Å². The number of pyridine rings is 1. The molecule has 0 unspecified atom stereocenters. The summed E-state index contributed by atoms with van der Waals surface area (Å²) >= 11 is 0. The number of hydrogen-bond acceptors (Lipinski definition) is 5. The van der Waals surface area contributed by atoms with Gasteiger partial charge in [-0.1, -0.05) is 20.8 Å². The normalized spacial score (nSPS) is 15.0. The highest BCUT2D eigenvalue weighted by molar-refractivity contribution is 5.81. The Kier molecular flexibility index (Phi) is 5.04. The van der Waals surface area contributed by atoms with Crippen molar-refractivity contribution in [1.29, 1.82) is 0 Å². The Hall–Kier alpha value is -1.78. The molecule has 5 nitrogen and oxygen atoms in total. The highest BCUT2D eigenvalue weighted by Crippen LogP contribution is 2.21. The molecule has 21 heavy (non-hydrogen) atoms. The fraction of sp³-hybridized carbons (Fsp3) is 0.625. The zero-order chi connectivity index (χ0) is 15.3. The van der Waals surface area contributed by atoms with Gasteiger partial charge in [0, 0.05) is 31.9 Å². The van der Waals surface area contributed by atoms with E-state index in [0.717, 1.165) is 36.8 Å². The Labute approximate surface area is 127 Å². The van der Waals surface area contributed by atoms with E-state index in [2.05, 4.69) is 41.0 Å². The molecule has 116 valence electrons. The summed E-state index contributed by atoms with van der Waals surface area (Å²) in [6, 6.07) is 1.99. The molecule has 2 rings (SSSR count). The van der Waals surface area contributed by atoms with E-state index in [-0.39, 0.29) is 5.41 Å². The van der Waals surface area contributed by atoms with Gasteiger partial charge in [-0.2, -0.15) is 0 Å². The summed E-state index contributed by atoms with van der Waals surface area (Å²) in [5, 5.41) is 3.36. The second-order valence-corrected chi connectivity index (χ2v) is 6.62. The molecule has 0 fully saturated rings. The predicted molar refractivity (Wildman–Crippen MR) is 85.6 cm³/mol. The van der Waals surface area contributed by atoms with E-state index in [1.54, 1.807) is 12.4 Å². The third-order valence-corrected chi connectivity index (χ3v) is 3.48. The fourth-order valence-corrected chi connectivity index (χ4v) is 2.05. The van der Waals surface area contributed by atoms with Crippen LogP contribution in [0, 0.1) is 5.41 Å². The lowest BCUT2D eigenvalue weighted by Crippen LogP contribution is -2.35. The number of rotatable bonds is 5. The van der Waals surface area contributed by atoms with Crippen LogP contribution in [-0.4, -0.2) is 42.6 Å². The van der Waals surface area contributed by atoms with E-state index in [0.29, 0.717) is 13.2 Å². The molecule has 5 heteroatoms. The van der Waals surface area contributed by atoms with Crippen LogP contribution in [0.15, 0.2) is 23.5 Å². The van der Waals surface area contributed by atoms with Crippen molar-refractivity contribution in [2.24, 2.45) is 10.4 Å².